The average molecular weight is 425 g/mol. The van der Waals surface area contributed by atoms with Gasteiger partial charge in [-0.2, -0.15) is 0 Å². The van der Waals surface area contributed by atoms with E-state index in [1.54, 1.807) is 6.92 Å². The molecule has 1 aromatic carbocycles. The third-order valence-corrected chi connectivity index (χ3v) is 5.92. The lowest BCUT2D eigenvalue weighted by Crippen LogP contribution is -2.68. The maximum absolute atomic E-state index is 12.6. The molecule has 158 valence electrons. The summed E-state index contributed by atoms with van der Waals surface area (Å²) in [7, 11) is -4.14. The van der Waals surface area contributed by atoms with Crippen LogP contribution in [0.3, 0.4) is 0 Å². The Kier molecular flexibility index (Phi) is 7.58. The van der Waals surface area contributed by atoms with Crippen molar-refractivity contribution in [2.45, 2.75) is 17.4 Å². The minimum absolute atomic E-state index is 0.142. The zero-order valence-corrected chi connectivity index (χ0v) is 16.7. The van der Waals surface area contributed by atoms with Gasteiger partial charge in [0.2, 0.25) is 15.6 Å². The Morgan fingerprint density at radius 3 is 2.31 bits per heavy atom. The van der Waals surface area contributed by atoms with Crippen LogP contribution in [0.1, 0.15) is 6.92 Å². The summed E-state index contributed by atoms with van der Waals surface area (Å²) >= 11 is 0. The van der Waals surface area contributed by atoms with Crippen LogP contribution < -0.4 is 14.8 Å². The summed E-state index contributed by atoms with van der Waals surface area (Å²) in [6, 6.07) is 5.43. The molecule has 1 aromatic rings. The molecule has 1 saturated heterocycles. The minimum atomic E-state index is -4.14. The Morgan fingerprint density at radius 1 is 1.21 bits per heavy atom. The first-order valence-corrected chi connectivity index (χ1v) is 10.3. The molecule has 1 aliphatic heterocycles. The van der Waals surface area contributed by atoms with Gasteiger partial charge >= 0.3 is 11.9 Å². The molecule has 29 heavy (non-hydrogen) atoms. The lowest BCUT2D eigenvalue weighted by Gasteiger charge is -2.39. The van der Waals surface area contributed by atoms with Gasteiger partial charge in [-0.1, -0.05) is 5.92 Å². The number of aliphatic carboxylic acids is 2. The van der Waals surface area contributed by atoms with Crippen molar-refractivity contribution in [2.75, 3.05) is 39.3 Å². The fraction of sp³-hybridized carbons (Fsp3) is 0.444. The van der Waals surface area contributed by atoms with Crippen LogP contribution in [0.2, 0.25) is 0 Å². The maximum Gasteiger partial charge on any atom is 0.337 e. The number of ether oxygens (including phenoxy) is 1. The second-order valence-electron chi connectivity index (χ2n) is 6.22. The van der Waals surface area contributed by atoms with E-state index < -0.39 is 34.0 Å². The molecule has 0 amide bonds. The molecule has 11 heteroatoms. The van der Waals surface area contributed by atoms with E-state index in [1.165, 1.54) is 29.2 Å². The fourth-order valence-corrected chi connectivity index (χ4v) is 3.92. The molecular weight excluding hydrogens is 402 g/mol. The third-order valence-electron chi connectivity index (χ3n) is 4.50. The van der Waals surface area contributed by atoms with Crippen LogP contribution in [0.15, 0.2) is 29.2 Å². The Hall–Kier alpha value is -2.65. The van der Waals surface area contributed by atoms with E-state index in [0.29, 0.717) is 18.8 Å². The highest BCUT2D eigenvalue weighted by molar-refractivity contribution is 7.89. The molecule has 0 saturated carbocycles. The Labute approximate surface area is 168 Å². The SMILES string of the molecule is CC#CCOc1ccc(S(=O)(=O)NCC(C(=O)O)(C(=O)O)N2CCNCC2)cc1. The number of carbonyl (C=O) groups is 2. The molecule has 10 nitrogen and oxygen atoms in total. The summed E-state index contributed by atoms with van der Waals surface area (Å²) in [6.45, 7) is 2.13. The van der Waals surface area contributed by atoms with Crippen LogP contribution in [-0.4, -0.2) is 80.3 Å². The quantitative estimate of drug-likeness (QED) is 0.294. The van der Waals surface area contributed by atoms with Crippen LogP contribution >= 0.6 is 0 Å². The first-order valence-electron chi connectivity index (χ1n) is 8.79. The highest BCUT2D eigenvalue weighted by Crippen LogP contribution is 2.20. The van der Waals surface area contributed by atoms with Gasteiger partial charge in [0.1, 0.15) is 12.4 Å². The second-order valence-corrected chi connectivity index (χ2v) is 7.99. The van der Waals surface area contributed by atoms with Crippen LogP contribution in [0.4, 0.5) is 0 Å². The van der Waals surface area contributed by atoms with E-state index in [1.807, 2.05) is 0 Å². The van der Waals surface area contributed by atoms with Gasteiger partial charge in [0.05, 0.1) is 11.4 Å². The molecule has 2 rings (SSSR count). The summed E-state index contributed by atoms with van der Waals surface area (Å²) in [4.78, 5) is 24.9. The van der Waals surface area contributed by atoms with Gasteiger partial charge in [0, 0.05) is 26.2 Å². The largest absolute Gasteiger partial charge is 0.481 e. The van der Waals surface area contributed by atoms with Crippen LogP contribution in [0, 0.1) is 11.8 Å². The van der Waals surface area contributed by atoms with Crippen molar-refractivity contribution < 1.29 is 33.0 Å². The zero-order valence-electron chi connectivity index (χ0n) is 15.8. The third kappa shape index (κ3) is 5.24. The lowest BCUT2D eigenvalue weighted by molar-refractivity contribution is -0.167. The molecule has 0 bridgehead atoms. The van der Waals surface area contributed by atoms with Crippen molar-refractivity contribution in [2.24, 2.45) is 0 Å². The van der Waals surface area contributed by atoms with Crippen LogP contribution in [0.5, 0.6) is 5.75 Å². The van der Waals surface area contributed by atoms with Gasteiger partial charge in [0.15, 0.2) is 0 Å². The van der Waals surface area contributed by atoms with Crippen molar-refractivity contribution in [3.63, 3.8) is 0 Å². The Balaban J connectivity index is 2.19. The number of carboxylic acid groups (broad SMARTS) is 2. The summed E-state index contributed by atoms with van der Waals surface area (Å²) in [6.07, 6.45) is 0. The predicted molar refractivity (Wildman–Crippen MR) is 103 cm³/mol. The number of hydrogen-bond donors (Lipinski definition) is 4. The molecular formula is C18H23N3O7S. The summed E-state index contributed by atoms with van der Waals surface area (Å²) in [5.74, 6) is 2.53. The van der Waals surface area contributed by atoms with Gasteiger partial charge in [-0.05, 0) is 31.2 Å². The van der Waals surface area contributed by atoms with Gasteiger partial charge in [-0.3, -0.25) is 4.90 Å². The average Bonchev–Trinajstić information content (AvgIpc) is 2.69. The molecule has 0 unspecified atom stereocenters. The van der Waals surface area contributed by atoms with Crippen molar-refractivity contribution in [3.05, 3.63) is 24.3 Å². The van der Waals surface area contributed by atoms with E-state index in [-0.39, 0.29) is 24.6 Å². The topological polar surface area (TPSA) is 145 Å². The van der Waals surface area contributed by atoms with E-state index in [0.717, 1.165) is 0 Å². The van der Waals surface area contributed by atoms with Gasteiger partial charge in [-0.25, -0.2) is 22.7 Å². The van der Waals surface area contributed by atoms with E-state index in [2.05, 4.69) is 21.9 Å². The Bertz CT molecular complexity index is 884. The standard InChI is InChI=1S/C18H23N3O7S/c1-2-3-12-28-14-4-6-15(7-5-14)29(26,27)20-13-18(16(22)23,17(24)25)21-10-8-19-9-11-21/h4-7,19-20H,8-13H2,1H3,(H,22,23)(H,24,25). The number of hydrogen-bond acceptors (Lipinski definition) is 7. The van der Waals surface area contributed by atoms with Crippen molar-refractivity contribution in [1.82, 2.24) is 14.9 Å². The number of nitrogens with one attached hydrogen (secondary N) is 2. The lowest BCUT2D eigenvalue weighted by atomic mass is 9.96. The smallest absolute Gasteiger partial charge is 0.337 e. The van der Waals surface area contributed by atoms with Crippen LogP contribution in [-0.2, 0) is 19.6 Å². The normalized spacial score (nSPS) is 15.2. The molecule has 1 aliphatic rings. The molecule has 4 N–H and O–H groups in total. The number of sulfonamides is 1. The van der Waals surface area contributed by atoms with E-state index in [9.17, 15) is 28.2 Å². The highest BCUT2D eigenvalue weighted by atomic mass is 32.2. The first kappa shape index (κ1) is 22.6. The van der Waals surface area contributed by atoms with Gasteiger partial charge in [-0.15, -0.1) is 5.92 Å². The first-order chi connectivity index (χ1) is 13.7. The fourth-order valence-electron chi connectivity index (χ4n) is 2.86. The molecule has 1 heterocycles. The van der Waals surface area contributed by atoms with Crippen LogP contribution in [0.25, 0.3) is 0 Å². The number of nitrogens with zero attached hydrogens (tertiary/aromatic N) is 1. The van der Waals surface area contributed by atoms with Gasteiger partial charge in [0.25, 0.3) is 0 Å². The van der Waals surface area contributed by atoms with Crippen molar-refractivity contribution >= 4 is 22.0 Å². The predicted octanol–water partition coefficient (Wildman–Crippen LogP) is -0.820. The highest BCUT2D eigenvalue weighted by Gasteiger charge is 2.52. The van der Waals surface area contributed by atoms with Gasteiger partial charge < -0.3 is 20.3 Å². The number of rotatable bonds is 9. The molecule has 0 aliphatic carbocycles. The zero-order chi connectivity index (χ0) is 21.5. The minimum Gasteiger partial charge on any atom is -0.481 e. The summed E-state index contributed by atoms with van der Waals surface area (Å²) in [5.41, 5.74) is -2.41. The summed E-state index contributed by atoms with van der Waals surface area (Å²) < 4.78 is 32.6. The summed E-state index contributed by atoms with van der Waals surface area (Å²) in [5, 5.41) is 22.3. The number of carboxylic acids is 2. The van der Waals surface area contributed by atoms with Crippen molar-refractivity contribution in [1.29, 1.82) is 0 Å². The second kappa shape index (κ2) is 9.71. The number of piperazine rings is 1. The molecule has 0 spiro atoms. The maximum atomic E-state index is 12.6. The number of benzene rings is 1. The monoisotopic (exact) mass is 425 g/mol. The Morgan fingerprint density at radius 2 is 1.79 bits per heavy atom. The van der Waals surface area contributed by atoms with E-state index in [4.69, 9.17) is 4.74 Å². The molecule has 1 fully saturated rings. The molecule has 0 radical (unpaired) electrons. The van der Waals surface area contributed by atoms with Crippen molar-refractivity contribution in [3.8, 4) is 17.6 Å². The molecule has 0 aromatic heterocycles. The molecule has 0 atom stereocenters. The van der Waals surface area contributed by atoms with E-state index >= 15 is 0 Å².